The molecule has 1 aromatic carbocycles. The third kappa shape index (κ3) is 4.10. The summed E-state index contributed by atoms with van der Waals surface area (Å²) in [7, 11) is 0. The van der Waals surface area contributed by atoms with Crippen LogP contribution in [0.25, 0.3) is 0 Å². The molecule has 1 aliphatic heterocycles. The van der Waals surface area contributed by atoms with Gasteiger partial charge < -0.3 is 9.80 Å². The van der Waals surface area contributed by atoms with E-state index in [9.17, 15) is 9.59 Å². The molecule has 0 aliphatic carbocycles. The lowest BCUT2D eigenvalue weighted by Crippen LogP contribution is -2.49. The molecule has 1 aromatic heterocycles. The Hall–Kier alpha value is -2.35. The standard InChI is InChI=1S/C15H17N5O2S/c21-13-10-16-18-15(17-13)23-11-14(22)20-8-6-19(7-9-20)12-4-2-1-3-5-12/h1-5,10H,6-9,11H2,(H,17,18,21). The highest BCUT2D eigenvalue weighted by molar-refractivity contribution is 7.99. The summed E-state index contributed by atoms with van der Waals surface area (Å²) in [6.45, 7) is 3.04. The molecule has 1 aliphatic rings. The van der Waals surface area contributed by atoms with E-state index in [0.717, 1.165) is 19.3 Å². The maximum atomic E-state index is 12.2. The molecule has 1 N–H and O–H groups in total. The lowest BCUT2D eigenvalue weighted by Gasteiger charge is -2.36. The van der Waals surface area contributed by atoms with Crippen molar-refractivity contribution in [3.63, 3.8) is 0 Å². The van der Waals surface area contributed by atoms with Gasteiger partial charge in [-0.3, -0.25) is 14.6 Å². The Kier molecular flexibility index (Phi) is 4.92. The number of anilines is 1. The van der Waals surface area contributed by atoms with Crippen molar-refractivity contribution >= 4 is 23.4 Å². The quantitative estimate of drug-likeness (QED) is 0.827. The molecule has 7 nitrogen and oxygen atoms in total. The number of benzene rings is 1. The summed E-state index contributed by atoms with van der Waals surface area (Å²) in [4.78, 5) is 30.1. The monoisotopic (exact) mass is 331 g/mol. The van der Waals surface area contributed by atoms with E-state index in [1.807, 2.05) is 23.1 Å². The third-order valence-corrected chi connectivity index (χ3v) is 4.49. The van der Waals surface area contributed by atoms with Crippen LogP contribution in [0.5, 0.6) is 0 Å². The summed E-state index contributed by atoms with van der Waals surface area (Å²) in [5, 5.41) is 7.73. The van der Waals surface area contributed by atoms with E-state index in [4.69, 9.17) is 0 Å². The number of carbonyl (C=O) groups is 1. The Morgan fingerprint density at radius 1 is 1.17 bits per heavy atom. The zero-order valence-electron chi connectivity index (χ0n) is 12.5. The van der Waals surface area contributed by atoms with Crippen molar-refractivity contribution in [2.24, 2.45) is 0 Å². The van der Waals surface area contributed by atoms with Crippen molar-refractivity contribution in [1.82, 2.24) is 20.1 Å². The first kappa shape index (κ1) is 15.5. The third-order valence-electron chi connectivity index (χ3n) is 3.64. The van der Waals surface area contributed by atoms with Gasteiger partial charge in [-0.1, -0.05) is 30.0 Å². The van der Waals surface area contributed by atoms with E-state index in [1.165, 1.54) is 17.4 Å². The van der Waals surface area contributed by atoms with Crippen LogP contribution in [-0.4, -0.2) is 57.9 Å². The summed E-state index contributed by atoms with van der Waals surface area (Å²) in [5.74, 6) is 0.300. The molecule has 23 heavy (non-hydrogen) atoms. The highest BCUT2D eigenvalue weighted by atomic mass is 32.2. The van der Waals surface area contributed by atoms with Crippen LogP contribution in [0.4, 0.5) is 5.69 Å². The van der Waals surface area contributed by atoms with Gasteiger partial charge in [0.25, 0.3) is 5.56 Å². The molecule has 2 aromatic rings. The summed E-state index contributed by atoms with van der Waals surface area (Å²) in [6, 6.07) is 10.2. The summed E-state index contributed by atoms with van der Waals surface area (Å²) >= 11 is 1.20. The first-order valence-electron chi connectivity index (χ1n) is 7.35. The van der Waals surface area contributed by atoms with Crippen LogP contribution < -0.4 is 10.5 Å². The van der Waals surface area contributed by atoms with Crippen LogP contribution in [-0.2, 0) is 4.79 Å². The smallest absolute Gasteiger partial charge is 0.270 e. The van der Waals surface area contributed by atoms with Crippen LogP contribution in [0.15, 0.2) is 46.5 Å². The average molecular weight is 331 g/mol. The van der Waals surface area contributed by atoms with E-state index >= 15 is 0 Å². The van der Waals surface area contributed by atoms with E-state index in [-0.39, 0.29) is 17.2 Å². The molecular formula is C15H17N5O2S. The van der Waals surface area contributed by atoms with Gasteiger partial charge in [0.05, 0.1) is 5.75 Å². The number of aromatic amines is 1. The zero-order chi connectivity index (χ0) is 16.1. The fourth-order valence-corrected chi connectivity index (χ4v) is 3.16. The second kappa shape index (κ2) is 7.28. The van der Waals surface area contributed by atoms with Gasteiger partial charge in [-0.15, -0.1) is 5.10 Å². The minimum atomic E-state index is -0.313. The molecule has 3 rings (SSSR count). The molecule has 2 heterocycles. The predicted molar refractivity (Wildman–Crippen MR) is 88.6 cm³/mol. The number of hydrogen-bond donors (Lipinski definition) is 1. The van der Waals surface area contributed by atoms with Gasteiger partial charge in [-0.25, -0.2) is 0 Å². The number of nitrogens with zero attached hydrogens (tertiary/aromatic N) is 4. The molecular weight excluding hydrogens is 314 g/mol. The second-order valence-electron chi connectivity index (χ2n) is 5.13. The van der Waals surface area contributed by atoms with E-state index in [1.54, 1.807) is 0 Å². The number of aromatic nitrogens is 3. The molecule has 8 heteroatoms. The number of amides is 1. The molecule has 1 amide bonds. The summed E-state index contributed by atoms with van der Waals surface area (Å²) in [5.41, 5.74) is 0.873. The average Bonchev–Trinajstić information content (AvgIpc) is 2.61. The summed E-state index contributed by atoms with van der Waals surface area (Å²) < 4.78 is 0. The molecule has 0 radical (unpaired) electrons. The van der Waals surface area contributed by atoms with Crippen molar-refractivity contribution in [1.29, 1.82) is 0 Å². The minimum Gasteiger partial charge on any atom is -0.368 e. The zero-order valence-corrected chi connectivity index (χ0v) is 13.3. The lowest BCUT2D eigenvalue weighted by atomic mass is 10.2. The van der Waals surface area contributed by atoms with Crippen LogP contribution in [0, 0.1) is 0 Å². The first-order valence-corrected chi connectivity index (χ1v) is 8.33. The van der Waals surface area contributed by atoms with Crippen molar-refractivity contribution in [3.8, 4) is 0 Å². The van der Waals surface area contributed by atoms with Gasteiger partial charge in [0.2, 0.25) is 5.91 Å². The Balaban J connectivity index is 1.49. The summed E-state index contributed by atoms with van der Waals surface area (Å²) in [6.07, 6.45) is 1.11. The van der Waals surface area contributed by atoms with Crippen LogP contribution >= 0.6 is 11.8 Å². The number of para-hydroxylation sites is 1. The second-order valence-corrected chi connectivity index (χ2v) is 6.10. The highest BCUT2D eigenvalue weighted by Crippen LogP contribution is 2.17. The number of thioether (sulfide) groups is 1. The minimum absolute atomic E-state index is 0.0502. The molecule has 1 fully saturated rings. The van der Waals surface area contributed by atoms with E-state index in [0.29, 0.717) is 18.2 Å². The van der Waals surface area contributed by atoms with Crippen LogP contribution in [0.3, 0.4) is 0 Å². The molecule has 0 atom stereocenters. The van der Waals surface area contributed by atoms with Gasteiger partial charge in [0.15, 0.2) is 5.16 Å². The fourth-order valence-electron chi connectivity index (χ4n) is 2.44. The number of hydrogen-bond acceptors (Lipinski definition) is 6. The number of nitrogens with one attached hydrogen (secondary N) is 1. The van der Waals surface area contributed by atoms with Crippen molar-refractivity contribution in [2.75, 3.05) is 36.8 Å². The highest BCUT2D eigenvalue weighted by Gasteiger charge is 2.21. The van der Waals surface area contributed by atoms with Gasteiger partial charge in [0, 0.05) is 31.9 Å². The number of rotatable bonds is 4. The normalized spacial score (nSPS) is 14.8. The largest absolute Gasteiger partial charge is 0.368 e. The van der Waals surface area contributed by atoms with Crippen molar-refractivity contribution in [2.45, 2.75) is 5.16 Å². The fraction of sp³-hybridized carbons (Fsp3) is 0.333. The Bertz CT molecular complexity index is 713. The SMILES string of the molecule is O=C(CSc1nncc(=O)[nH]1)N1CCN(c2ccccc2)CC1. The molecule has 1 saturated heterocycles. The lowest BCUT2D eigenvalue weighted by molar-refractivity contribution is -0.128. The molecule has 0 spiro atoms. The van der Waals surface area contributed by atoms with Gasteiger partial charge in [-0.2, -0.15) is 5.10 Å². The van der Waals surface area contributed by atoms with E-state index in [2.05, 4.69) is 32.2 Å². The van der Waals surface area contributed by atoms with E-state index < -0.39 is 0 Å². The predicted octanol–water partition coefficient (Wildman–Crippen LogP) is 0.606. The topological polar surface area (TPSA) is 82.2 Å². The number of carbonyl (C=O) groups excluding carboxylic acids is 1. The van der Waals surface area contributed by atoms with Crippen LogP contribution in [0.1, 0.15) is 0 Å². The first-order chi connectivity index (χ1) is 11.2. The maximum absolute atomic E-state index is 12.2. The maximum Gasteiger partial charge on any atom is 0.270 e. The Labute approximate surface area is 137 Å². The van der Waals surface area contributed by atoms with Gasteiger partial charge in [0.1, 0.15) is 6.20 Å². The van der Waals surface area contributed by atoms with Crippen LogP contribution in [0.2, 0.25) is 0 Å². The number of H-pyrrole nitrogens is 1. The number of piperazine rings is 1. The molecule has 120 valence electrons. The Morgan fingerprint density at radius 2 is 1.91 bits per heavy atom. The molecule has 0 saturated carbocycles. The molecule has 0 bridgehead atoms. The van der Waals surface area contributed by atoms with Gasteiger partial charge >= 0.3 is 0 Å². The molecule has 0 unspecified atom stereocenters. The Morgan fingerprint density at radius 3 is 2.61 bits per heavy atom. The van der Waals surface area contributed by atoms with Gasteiger partial charge in [-0.05, 0) is 12.1 Å². The van der Waals surface area contributed by atoms with Crippen molar-refractivity contribution < 1.29 is 4.79 Å². The van der Waals surface area contributed by atoms with Crippen molar-refractivity contribution in [3.05, 3.63) is 46.9 Å².